The van der Waals surface area contributed by atoms with Gasteiger partial charge in [0.2, 0.25) is 0 Å². The van der Waals surface area contributed by atoms with E-state index in [0.29, 0.717) is 22.4 Å². The number of phenolic OH excluding ortho intramolecular Hbond substituents is 1. The van der Waals surface area contributed by atoms with E-state index in [0.717, 1.165) is 0 Å². The molecule has 0 saturated heterocycles. The summed E-state index contributed by atoms with van der Waals surface area (Å²) in [7, 11) is 0. The highest BCUT2D eigenvalue weighted by Crippen LogP contribution is 2.19. The molecule has 0 saturated carbocycles. The summed E-state index contributed by atoms with van der Waals surface area (Å²) in [5.74, 6) is -0.588. The Morgan fingerprint density at radius 2 is 1.84 bits per heavy atom. The van der Waals surface area contributed by atoms with Crippen molar-refractivity contribution in [3.05, 3.63) is 58.9 Å². The predicted molar refractivity (Wildman–Crippen MR) is 71.9 cm³/mol. The minimum absolute atomic E-state index is 0.0722. The van der Waals surface area contributed by atoms with Gasteiger partial charge in [0.25, 0.3) is 5.91 Å². The molecule has 3 nitrogen and oxygen atoms in total. The van der Waals surface area contributed by atoms with Crippen LogP contribution < -0.4 is 5.32 Å². The molecule has 2 aromatic carbocycles. The van der Waals surface area contributed by atoms with E-state index < -0.39 is 0 Å². The molecule has 0 atom stereocenters. The molecular weight excluding hydrogens is 245 g/mol. The van der Waals surface area contributed by atoms with Crippen molar-refractivity contribution in [2.75, 3.05) is 5.32 Å². The number of benzene rings is 2. The van der Waals surface area contributed by atoms with Gasteiger partial charge in [-0.05, 0) is 55.3 Å². The average Bonchev–Trinajstić information content (AvgIpc) is 2.37. The molecule has 0 aromatic heterocycles. The Hall–Kier alpha value is -2.36. The second kappa shape index (κ2) is 5.10. The van der Waals surface area contributed by atoms with Crippen molar-refractivity contribution in [2.24, 2.45) is 0 Å². The molecule has 98 valence electrons. The van der Waals surface area contributed by atoms with E-state index in [9.17, 15) is 14.3 Å². The van der Waals surface area contributed by atoms with Crippen molar-refractivity contribution in [1.29, 1.82) is 0 Å². The molecule has 0 spiro atoms. The number of aromatic hydroxyl groups is 1. The summed E-state index contributed by atoms with van der Waals surface area (Å²) < 4.78 is 13.1. The van der Waals surface area contributed by atoms with Gasteiger partial charge >= 0.3 is 0 Å². The van der Waals surface area contributed by atoms with Crippen LogP contribution in [-0.4, -0.2) is 11.0 Å². The molecule has 19 heavy (non-hydrogen) atoms. The molecule has 1 amide bonds. The molecule has 0 fully saturated rings. The molecule has 2 rings (SSSR count). The van der Waals surface area contributed by atoms with Crippen LogP contribution >= 0.6 is 0 Å². The summed E-state index contributed by atoms with van der Waals surface area (Å²) in [6.07, 6.45) is 0. The van der Waals surface area contributed by atoms with Crippen molar-refractivity contribution in [3.63, 3.8) is 0 Å². The monoisotopic (exact) mass is 259 g/mol. The smallest absolute Gasteiger partial charge is 0.255 e. The highest BCUT2D eigenvalue weighted by molar-refractivity contribution is 6.04. The van der Waals surface area contributed by atoms with Gasteiger partial charge in [0.05, 0.1) is 0 Å². The summed E-state index contributed by atoms with van der Waals surface area (Å²) >= 11 is 0. The van der Waals surface area contributed by atoms with Crippen LogP contribution in [0.3, 0.4) is 0 Å². The highest BCUT2D eigenvalue weighted by atomic mass is 19.1. The first-order valence-corrected chi connectivity index (χ1v) is 5.84. The minimum atomic E-state index is -0.346. The fourth-order valence-electron chi connectivity index (χ4n) is 1.68. The second-order valence-corrected chi connectivity index (χ2v) is 4.42. The molecule has 2 aromatic rings. The molecule has 0 aliphatic heterocycles. The number of nitrogens with one attached hydrogen (secondary N) is 1. The van der Waals surface area contributed by atoms with Gasteiger partial charge in [0.15, 0.2) is 0 Å². The molecule has 0 bridgehead atoms. The van der Waals surface area contributed by atoms with Crippen molar-refractivity contribution in [2.45, 2.75) is 13.8 Å². The Bertz CT molecular complexity index is 638. The Kier molecular flexibility index (Phi) is 3.51. The third-order valence-corrected chi connectivity index (χ3v) is 2.89. The van der Waals surface area contributed by atoms with Gasteiger partial charge in [0, 0.05) is 11.3 Å². The second-order valence-electron chi connectivity index (χ2n) is 4.42. The zero-order valence-electron chi connectivity index (χ0n) is 10.7. The number of amides is 1. The van der Waals surface area contributed by atoms with Gasteiger partial charge in [-0.3, -0.25) is 4.79 Å². The van der Waals surface area contributed by atoms with Gasteiger partial charge in [0.1, 0.15) is 11.6 Å². The number of halogens is 1. The van der Waals surface area contributed by atoms with Crippen LogP contribution in [0, 0.1) is 19.7 Å². The fraction of sp³-hybridized carbons (Fsp3) is 0.133. The van der Waals surface area contributed by atoms with E-state index in [1.54, 1.807) is 32.0 Å². The zero-order chi connectivity index (χ0) is 14.0. The van der Waals surface area contributed by atoms with Crippen molar-refractivity contribution < 1.29 is 14.3 Å². The molecule has 0 heterocycles. The predicted octanol–water partition coefficient (Wildman–Crippen LogP) is 3.40. The molecule has 2 N–H and O–H groups in total. The lowest BCUT2D eigenvalue weighted by molar-refractivity contribution is 0.102. The molecule has 0 unspecified atom stereocenters. The first-order chi connectivity index (χ1) is 8.97. The van der Waals surface area contributed by atoms with Crippen LogP contribution in [0.25, 0.3) is 0 Å². The maximum absolute atomic E-state index is 13.1. The summed E-state index contributed by atoms with van der Waals surface area (Å²) in [6, 6.07) is 9.05. The van der Waals surface area contributed by atoms with Crippen LogP contribution in [0.4, 0.5) is 10.1 Å². The Morgan fingerprint density at radius 3 is 2.47 bits per heavy atom. The SMILES string of the molecule is Cc1ccc(C(=O)Nc2ccc(F)c(C)c2)cc1O. The number of carbonyl (C=O) groups is 1. The lowest BCUT2D eigenvalue weighted by atomic mass is 10.1. The Balaban J connectivity index is 2.20. The van der Waals surface area contributed by atoms with E-state index in [4.69, 9.17) is 0 Å². The first-order valence-electron chi connectivity index (χ1n) is 5.84. The van der Waals surface area contributed by atoms with Crippen LogP contribution in [-0.2, 0) is 0 Å². The normalized spacial score (nSPS) is 10.3. The average molecular weight is 259 g/mol. The number of carbonyl (C=O) groups excluding carboxylic acids is 1. The summed E-state index contributed by atoms with van der Waals surface area (Å²) in [5.41, 5.74) is 2.03. The van der Waals surface area contributed by atoms with E-state index in [-0.39, 0.29) is 17.5 Å². The van der Waals surface area contributed by atoms with Gasteiger partial charge in [-0.15, -0.1) is 0 Å². The van der Waals surface area contributed by atoms with E-state index in [1.807, 2.05) is 0 Å². The number of rotatable bonds is 2. The third kappa shape index (κ3) is 2.91. The van der Waals surface area contributed by atoms with Crippen LogP contribution in [0.5, 0.6) is 5.75 Å². The molecule has 0 aliphatic rings. The number of hydrogen-bond acceptors (Lipinski definition) is 2. The molecule has 0 radical (unpaired) electrons. The van der Waals surface area contributed by atoms with Gasteiger partial charge in [-0.1, -0.05) is 6.07 Å². The lowest BCUT2D eigenvalue weighted by Crippen LogP contribution is -2.12. The van der Waals surface area contributed by atoms with Crippen LogP contribution in [0.1, 0.15) is 21.5 Å². The van der Waals surface area contributed by atoms with Gasteiger partial charge in [-0.25, -0.2) is 4.39 Å². The minimum Gasteiger partial charge on any atom is -0.508 e. The lowest BCUT2D eigenvalue weighted by Gasteiger charge is -2.07. The summed E-state index contributed by atoms with van der Waals surface area (Å²) in [4.78, 5) is 12.0. The number of phenols is 1. The maximum atomic E-state index is 13.1. The quantitative estimate of drug-likeness (QED) is 0.868. The Labute approximate surface area is 110 Å². The molecule has 4 heteroatoms. The Morgan fingerprint density at radius 1 is 1.11 bits per heavy atom. The van der Waals surface area contributed by atoms with Crippen LogP contribution in [0.15, 0.2) is 36.4 Å². The first kappa shape index (κ1) is 13.1. The largest absolute Gasteiger partial charge is 0.508 e. The number of anilines is 1. The molecular formula is C15H14FNO2. The molecule has 0 aliphatic carbocycles. The van der Waals surface area contributed by atoms with Gasteiger partial charge < -0.3 is 10.4 Å². The highest BCUT2D eigenvalue weighted by Gasteiger charge is 2.09. The maximum Gasteiger partial charge on any atom is 0.255 e. The van der Waals surface area contributed by atoms with Crippen molar-refractivity contribution >= 4 is 11.6 Å². The third-order valence-electron chi connectivity index (χ3n) is 2.89. The zero-order valence-corrected chi connectivity index (χ0v) is 10.7. The van der Waals surface area contributed by atoms with Gasteiger partial charge in [-0.2, -0.15) is 0 Å². The standard InChI is InChI=1S/C15H14FNO2/c1-9-3-4-11(8-14(9)18)15(19)17-12-5-6-13(16)10(2)7-12/h3-8,18H,1-2H3,(H,17,19). The summed E-state index contributed by atoms with van der Waals surface area (Å²) in [5, 5.41) is 12.2. The van der Waals surface area contributed by atoms with E-state index in [1.165, 1.54) is 18.2 Å². The number of aryl methyl sites for hydroxylation is 2. The summed E-state index contributed by atoms with van der Waals surface area (Å²) in [6.45, 7) is 3.38. The topological polar surface area (TPSA) is 49.3 Å². The fourth-order valence-corrected chi connectivity index (χ4v) is 1.68. The van der Waals surface area contributed by atoms with Crippen molar-refractivity contribution in [1.82, 2.24) is 0 Å². The van der Waals surface area contributed by atoms with Crippen molar-refractivity contribution in [3.8, 4) is 5.75 Å². The number of hydrogen-bond donors (Lipinski definition) is 2. The van der Waals surface area contributed by atoms with E-state index in [2.05, 4.69) is 5.32 Å². The van der Waals surface area contributed by atoms with E-state index >= 15 is 0 Å². The van der Waals surface area contributed by atoms with Crippen LogP contribution in [0.2, 0.25) is 0 Å².